The molecular formula is C19H29NO. The van der Waals surface area contributed by atoms with Crippen LogP contribution < -0.4 is 10.1 Å². The first-order valence-electron chi connectivity index (χ1n) is 8.78. The SMILES string of the molecule is CCC(NC1CCCC(C)CC1)c1ccc2c(c1)CCO2. The van der Waals surface area contributed by atoms with Gasteiger partial charge in [0.05, 0.1) is 6.61 Å². The summed E-state index contributed by atoms with van der Waals surface area (Å²) in [6.07, 6.45) is 9.08. The monoisotopic (exact) mass is 287 g/mol. The predicted octanol–water partition coefficient (Wildman–Crippen LogP) is 4.63. The van der Waals surface area contributed by atoms with E-state index in [1.54, 1.807) is 0 Å². The summed E-state index contributed by atoms with van der Waals surface area (Å²) in [5, 5.41) is 3.93. The number of benzene rings is 1. The van der Waals surface area contributed by atoms with Crippen molar-refractivity contribution in [3.63, 3.8) is 0 Å². The summed E-state index contributed by atoms with van der Waals surface area (Å²) in [5.74, 6) is 2.01. The second-order valence-electron chi connectivity index (χ2n) is 6.90. The molecule has 1 saturated carbocycles. The molecule has 2 nitrogen and oxygen atoms in total. The van der Waals surface area contributed by atoms with Gasteiger partial charge in [-0.1, -0.05) is 38.8 Å². The Bertz CT molecular complexity index is 471. The molecule has 0 spiro atoms. The van der Waals surface area contributed by atoms with Gasteiger partial charge in [0, 0.05) is 18.5 Å². The van der Waals surface area contributed by atoms with Gasteiger partial charge in [0.15, 0.2) is 0 Å². The van der Waals surface area contributed by atoms with Crippen LogP contribution in [0, 0.1) is 5.92 Å². The highest BCUT2D eigenvalue weighted by Crippen LogP contribution is 2.30. The Morgan fingerprint density at radius 1 is 1.24 bits per heavy atom. The third-order valence-electron chi connectivity index (χ3n) is 5.22. The maximum absolute atomic E-state index is 5.62. The predicted molar refractivity (Wildman–Crippen MR) is 87.8 cm³/mol. The fourth-order valence-corrected chi connectivity index (χ4v) is 3.81. The Morgan fingerprint density at radius 2 is 2.14 bits per heavy atom. The van der Waals surface area contributed by atoms with Crippen LogP contribution in [0.1, 0.15) is 69.5 Å². The average molecular weight is 287 g/mol. The summed E-state index contributed by atoms with van der Waals surface area (Å²) in [6.45, 7) is 5.55. The molecule has 0 saturated heterocycles. The molecule has 1 N–H and O–H groups in total. The second-order valence-corrected chi connectivity index (χ2v) is 6.90. The summed E-state index contributed by atoms with van der Waals surface area (Å²) >= 11 is 0. The Hall–Kier alpha value is -1.02. The van der Waals surface area contributed by atoms with E-state index in [4.69, 9.17) is 4.74 Å². The molecule has 21 heavy (non-hydrogen) atoms. The fraction of sp³-hybridized carbons (Fsp3) is 0.684. The quantitative estimate of drug-likeness (QED) is 0.815. The third kappa shape index (κ3) is 3.60. The molecule has 0 amide bonds. The molecule has 2 heteroatoms. The van der Waals surface area contributed by atoms with Crippen molar-refractivity contribution in [3.05, 3.63) is 29.3 Å². The van der Waals surface area contributed by atoms with Gasteiger partial charge in [0.1, 0.15) is 5.75 Å². The molecule has 3 unspecified atom stereocenters. The van der Waals surface area contributed by atoms with Gasteiger partial charge in [-0.25, -0.2) is 0 Å². The molecule has 1 fully saturated rings. The average Bonchev–Trinajstić information content (AvgIpc) is 2.87. The first-order chi connectivity index (χ1) is 10.3. The minimum atomic E-state index is 0.495. The molecule has 3 atom stereocenters. The lowest BCUT2D eigenvalue weighted by Crippen LogP contribution is -2.32. The minimum Gasteiger partial charge on any atom is -0.493 e. The van der Waals surface area contributed by atoms with Crippen molar-refractivity contribution in [3.8, 4) is 5.75 Å². The number of hydrogen-bond donors (Lipinski definition) is 1. The Morgan fingerprint density at radius 3 is 3.00 bits per heavy atom. The molecule has 0 radical (unpaired) electrons. The van der Waals surface area contributed by atoms with Gasteiger partial charge in [0.2, 0.25) is 0 Å². The van der Waals surface area contributed by atoms with E-state index in [-0.39, 0.29) is 0 Å². The molecule has 0 bridgehead atoms. The second kappa shape index (κ2) is 6.83. The lowest BCUT2D eigenvalue weighted by molar-refractivity contribution is 0.356. The van der Waals surface area contributed by atoms with Crippen molar-refractivity contribution in [1.82, 2.24) is 5.32 Å². The van der Waals surface area contributed by atoms with E-state index in [0.717, 1.165) is 31.1 Å². The largest absolute Gasteiger partial charge is 0.493 e. The topological polar surface area (TPSA) is 21.3 Å². The standard InChI is InChI=1S/C19H29NO/c1-3-18(20-17-6-4-5-14(2)7-9-17)15-8-10-19-16(13-15)11-12-21-19/h8,10,13-14,17-18,20H,3-7,9,11-12H2,1-2H3. The van der Waals surface area contributed by atoms with Gasteiger partial charge >= 0.3 is 0 Å². The highest BCUT2D eigenvalue weighted by molar-refractivity contribution is 5.40. The molecule has 1 aliphatic heterocycles. The van der Waals surface area contributed by atoms with Crippen LogP contribution >= 0.6 is 0 Å². The van der Waals surface area contributed by atoms with E-state index in [9.17, 15) is 0 Å². The summed E-state index contributed by atoms with van der Waals surface area (Å²) in [7, 11) is 0. The smallest absolute Gasteiger partial charge is 0.122 e. The van der Waals surface area contributed by atoms with E-state index >= 15 is 0 Å². The van der Waals surface area contributed by atoms with Crippen LogP contribution in [0.25, 0.3) is 0 Å². The zero-order valence-corrected chi connectivity index (χ0v) is 13.5. The molecular weight excluding hydrogens is 258 g/mol. The molecule has 3 rings (SSSR count). The van der Waals surface area contributed by atoms with Crippen molar-refractivity contribution in [2.45, 2.75) is 70.9 Å². The van der Waals surface area contributed by atoms with Crippen LogP contribution in [-0.4, -0.2) is 12.6 Å². The Balaban J connectivity index is 1.67. The zero-order chi connectivity index (χ0) is 14.7. The van der Waals surface area contributed by atoms with Crippen molar-refractivity contribution in [2.75, 3.05) is 6.61 Å². The van der Waals surface area contributed by atoms with Crippen LogP contribution in [0.4, 0.5) is 0 Å². The van der Waals surface area contributed by atoms with Gasteiger partial charge in [-0.2, -0.15) is 0 Å². The number of fused-ring (bicyclic) bond motifs is 1. The van der Waals surface area contributed by atoms with Crippen LogP contribution in [0.3, 0.4) is 0 Å². The summed E-state index contributed by atoms with van der Waals surface area (Å²) in [5.41, 5.74) is 2.83. The highest BCUT2D eigenvalue weighted by atomic mass is 16.5. The minimum absolute atomic E-state index is 0.495. The van der Waals surface area contributed by atoms with Crippen molar-refractivity contribution in [2.24, 2.45) is 5.92 Å². The molecule has 1 aromatic rings. The van der Waals surface area contributed by atoms with Crippen LogP contribution in [0.2, 0.25) is 0 Å². The highest BCUT2D eigenvalue weighted by Gasteiger charge is 2.21. The van der Waals surface area contributed by atoms with E-state index in [0.29, 0.717) is 12.1 Å². The third-order valence-corrected chi connectivity index (χ3v) is 5.22. The van der Waals surface area contributed by atoms with Crippen molar-refractivity contribution >= 4 is 0 Å². The van der Waals surface area contributed by atoms with Crippen LogP contribution in [-0.2, 0) is 6.42 Å². The fourth-order valence-electron chi connectivity index (χ4n) is 3.81. The number of hydrogen-bond acceptors (Lipinski definition) is 2. The van der Waals surface area contributed by atoms with Gasteiger partial charge < -0.3 is 10.1 Å². The maximum Gasteiger partial charge on any atom is 0.122 e. The van der Waals surface area contributed by atoms with E-state index < -0.39 is 0 Å². The number of ether oxygens (including phenoxy) is 1. The molecule has 116 valence electrons. The molecule has 1 aromatic carbocycles. The first-order valence-corrected chi connectivity index (χ1v) is 8.78. The van der Waals surface area contributed by atoms with Gasteiger partial charge in [-0.05, 0) is 48.8 Å². The maximum atomic E-state index is 5.62. The van der Waals surface area contributed by atoms with Gasteiger partial charge in [-0.15, -0.1) is 0 Å². The summed E-state index contributed by atoms with van der Waals surface area (Å²) in [4.78, 5) is 0. The van der Waals surface area contributed by atoms with Crippen molar-refractivity contribution < 1.29 is 4.74 Å². The first kappa shape index (κ1) is 14.9. The Kier molecular flexibility index (Phi) is 4.84. The van der Waals surface area contributed by atoms with Crippen LogP contribution in [0.5, 0.6) is 5.75 Å². The molecule has 2 aliphatic rings. The Labute approximate surface area is 129 Å². The van der Waals surface area contributed by atoms with Crippen LogP contribution in [0.15, 0.2) is 18.2 Å². The van der Waals surface area contributed by atoms with Gasteiger partial charge in [-0.3, -0.25) is 0 Å². The normalized spacial score (nSPS) is 26.8. The van der Waals surface area contributed by atoms with E-state index in [1.165, 1.54) is 43.2 Å². The summed E-state index contributed by atoms with van der Waals surface area (Å²) < 4.78 is 5.62. The zero-order valence-electron chi connectivity index (χ0n) is 13.5. The lowest BCUT2D eigenvalue weighted by atomic mass is 9.98. The summed E-state index contributed by atoms with van der Waals surface area (Å²) in [6, 6.07) is 7.98. The van der Waals surface area contributed by atoms with E-state index in [2.05, 4.69) is 37.4 Å². The van der Waals surface area contributed by atoms with Gasteiger partial charge in [0.25, 0.3) is 0 Å². The number of rotatable bonds is 4. The molecule has 1 aliphatic carbocycles. The molecule has 0 aromatic heterocycles. The van der Waals surface area contributed by atoms with Crippen molar-refractivity contribution in [1.29, 1.82) is 0 Å². The van der Waals surface area contributed by atoms with E-state index in [1.807, 2.05) is 0 Å². The lowest BCUT2D eigenvalue weighted by Gasteiger charge is -2.25. The molecule has 1 heterocycles. The number of nitrogens with one attached hydrogen (secondary N) is 1.